The minimum atomic E-state index is -0.333. The molecule has 0 radical (unpaired) electrons. The molecule has 2 heterocycles. The second-order valence-corrected chi connectivity index (χ2v) is 8.42. The van der Waals surface area contributed by atoms with Crippen molar-refractivity contribution >= 4 is 17.5 Å². The summed E-state index contributed by atoms with van der Waals surface area (Å²) in [5.74, 6) is 0.151. The lowest BCUT2D eigenvalue weighted by Crippen LogP contribution is -2.51. The van der Waals surface area contributed by atoms with Crippen molar-refractivity contribution in [2.45, 2.75) is 39.7 Å². The van der Waals surface area contributed by atoms with Gasteiger partial charge in [-0.1, -0.05) is 20.8 Å². The van der Waals surface area contributed by atoms with Crippen molar-refractivity contribution < 1.29 is 14.3 Å². The number of hydrogen-bond donors (Lipinski definition) is 1. The van der Waals surface area contributed by atoms with E-state index in [4.69, 9.17) is 4.74 Å². The molecule has 6 nitrogen and oxygen atoms in total. The van der Waals surface area contributed by atoms with Crippen LogP contribution in [0, 0.1) is 5.41 Å². The number of benzene rings is 1. The zero-order valence-electron chi connectivity index (χ0n) is 16.7. The number of rotatable bonds is 4. The molecule has 2 aliphatic heterocycles. The maximum absolute atomic E-state index is 12.4. The van der Waals surface area contributed by atoms with Crippen molar-refractivity contribution in [1.82, 2.24) is 10.2 Å². The Morgan fingerprint density at radius 2 is 1.78 bits per heavy atom. The molecule has 0 spiro atoms. The van der Waals surface area contributed by atoms with E-state index in [2.05, 4.69) is 10.2 Å². The van der Waals surface area contributed by atoms with Crippen LogP contribution in [0.25, 0.3) is 0 Å². The average Bonchev–Trinajstić information content (AvgIpc) is 3.19. The molecule has 1 N–H and O–H groups in total. The van der Waals surface area contributed by atoms with E-state index < -0.39 is 0 Å². The van der Waals surface area contributed by atoms with E-state index in [1.807, 2.05) is 49.9 Å². The third-order valence-electron chi connectivity index (χ3n) is 5.22. The minimum Gasteiger partial charge on any atom is -0.376 e. The summed E-state index contributed by atoms with van der Waals surface area (Å²) < 4.78 is 5.53. The Hall–Kier alpha value is -2.08. The second kappa shape index (κ2) is 8.30. The average molecular weight is 373 g/mol. The Morgan fingerprint density at radius 3 is 2.33 bits per heavy atom. The lowest BCUT2D eigenvalue weighted by atomic mass is 9.94. The fourth-order valence-corrected chi connectivity index (χ4v) is 3.58. The van der Waals surface area contributed by atoms with Crippen molar-refractivity contribution in [2.24, 2.45) is 5.41 Å². The molecule has 3 rings (SSSR count). The Balaban J connectivity index is 1.50. The summed E-state index contributed by atoms with van der Waals surface area (Å²) in [5.41, 5.74) is 1.42. The lowest BCUT2D eigenvalue weighted by molar-refractivity contribution is -0.139. The smallest absolute Gasteiger partial charge is 0.251 e. The molecular formula is C21H31N3O3. The van der Waals surface area contributed by atoms with Crippen molar-refractivity contribution in [3.05, 3.63) is 29.8 Å². The first-order chi connectivity index (χ1) is 12.8. The zero-order chi connectivity index (χ0) is 19.4. The molecule has 1 atom stereocenters. The third-order valence-corrected chi connectivity index (χ3v) is 5.22. The van der Waals surface area contributed by atoms with Crippen molar-refractivity contribution in [1.29, 1.82) is 0 Å². The SMILES string of the molecule is CC(C)(C)C(=O)N1CCN(c2ccc(C(=O)NCC3CCCO3)cc2)CC1. The lowest BCUT2D eigenvalue weighted by Gasteiger charge is -2.38. The number of anilines is 1. The van der Waals surface area contributed by atoms with Crippen molar-refractivity contribution in [2.75, 3.05) is 44.2 Å². The van der Waals surface area contributed by atoms with E-state index in [0.717, 1.165) is 51.3 Å². The van der Waals surface area contributed by atoms with Gasteiger partial charge in [0.05, 0.1) is 6.10 Å². The predicted molar refractivity (Wildman–Crippen MR) is 106 cm³/mol. The van der Waals surface area contributed by atoms with Gasteiger partial charge in [0.1, 0.15) is 0 Å². The van der Waals surface area contributed by atoms with Crippen molar-refractivity contribution in [3.63, 3.8) is 0 Å². The van der Waals surface area contributed by atoms with Gasteiger partial charge in [0.15, 0.2) is 0 Å². The van der Waals surface area contributed by atoms with Crippen LogP contribution >= 0.6 is 0 Å². The van der Waals surface area contributed by atoms with E-state index in [-0.39, 0.29) is 23.3 Å². The van der Waals surface area contributed by atoms with Crippen LogP contribution in [0.5, 0.6) is 0 Å². The summed E-state index contributed by atoms with van der Waals surface area (Å²) in [6.07, 6.45) is 2.24. The van der Waals surface area contributed by atoms with E-state index in [9.17, 15) is 9.59 Å². The molecule has 2 amide bonds. The summed E-state index contributed by atoms with van der Waals surface area (Å²) in [4.78, 5) is 28.9. The number of nitrogens with one attached hydrogen (secondary N) is 1. The van der Waals surface area contributed by atoms with Crippen LogP contribution in [0.3, 0.4) is 0 Å². The number of piperazine rings is 1. The van der Waals surface area contributed by atoms with Crippen LogP contribution in [-0.4, -0.2) is 62.1 Å². The number of carbonyl (C=O) groups is 2. The topological polar surface area (TPSA) is 61.9 Å². The summed E-state index contributed by atoms with van der Waals surface area (Å²) in [6.45, 7) is 10.4. The Bertz CT molecular complexity index is 652. The highest BCUT2D eigenvalue weighted by molar-refractivity contribution is 5.94. The number of nitrogens with zero attached hydrogens (tertiary/aromatic N) is 2. The van der Waals surface area contributed by atoms with Gasteiger partial charge >= 0.3 is 0 Å². The molecule has 0 aromatic heterocycles. The van der Waals surface area contributed by atoms with Gasteiger partial charge in [-0.25, -0.2) is 0 Å². The maximum atomic E-state index is 12.4. The van der Waals surface area contributed by atoms with Gasteiger partial charge in [-0.05, 0) is 37.1 Å². The molecule has 2 fully saturated rings. The summed E-state index contributed by atoms with van der Waals surface area (Å²) in [7, 11) is 0. The van der Waals surface area contributed by atoms with E-state index in [0.29, 0.717) is 12.1 Å². The minimum absolute atomic E-state index is 0.0577. The Morgan fingerprint density at radius 1 is 1.11 bits per heavy atom. The molecule has 2 saturated heterocycles. The zero-order valence-corrected chi connectivity index (χ0v) is 16.7. The number of ether oxygens (including phenoxy) is 1. The van der Waals surface area contributed by atoms with Gasteiger partial charge in [-0.15, -0.1) is 0 Å². The van der Waals surface area contributed by atoms with Crippen LogP contribution in [0.15, 0.2) is 24.3 Å². The Kier molecular flexibility index (Phi) is 6.05. The number of hydrogen-bond acceptors (Lipinski definition) is 4. The molecule has 148 valence electrons. The first-order valence-electron chi connectivity index (χ1n) is 9.89. The van der Waals surface area contributed by atoms with E-state index in [1.54, 1.807) is 0 Å². The summed E-state index contributed by atoms with van der Waals surface area (Å²) in [5, 5.41) is 2.95. The molecule has 6 heteroatoms. The van der Waals surface area contributed by atoms with E-state index in [1.165, 1.54) is 0 Å². The molecule has 1 aromatic carbocycles. The maximum Gasteiger partial charge on any atom is 0.251 e. The highest BCUT2D eigenvalue weighted by atomic mass is 16.5. The predicted octanol–water partition coefficient (Wildman–Crippen LogP) is 2.29. The molecule has 2 aliphatic rings. The molecule has 1 unspecified atom stereocenters. The van der Waals surface area contributed by atoms with Crippen LogP contribution in [0.2, 0.25) is 0 Å². The quantitative estimate of drug-likeness (QED) is 0.880. The van der Waals surface area contributed by atoms with Crippen LogP contribution in [0.4, 0.5) is 5.69 Å². The van der Waals surface area contributed by atoms with Crippen LogP contribution in [-0.2, 0) is 9.53 Å². The van der Waals surface area contributed by atoms with Crippen molar-refractivity contribution in [3.8, 4) is 0 Å². The standard InChI is InChI=1S/C21H31N3O3/c1-21(2,3)20(26)24-12-10-23(11-13-24)17-8-6-16(7-9-17)19(25)22-15-18-5-4-14-27-18/h6-9,18H,4-5,10-15H2,1-3H3,(H,22,25). The van der Waals surface area contributed by atoms with Crippen LogP contribution in [0.1, 0.15) is 44.0 Å². The van der Waals surface area contributed by atoms with Gasteiger partial charge in [0.2, 0.25) is 5.91 Å². The number of amides is 2. The Labute approximate surface area is 161 Å². The van der Waals surface area contributed by atoms with Gasteiger partial charge in [0, 0.05) is 56.0 Å². The molecule has 0 saturated carbocycles. The molecule has 0 aliphatic carbocycles. The third kappa shape index (κ3) is 5.01. The van der Waals surface area contributed by atoms with Gasteiger partial charge in [-0.2, -0.15) is 0 Å². The summed E-state index contributed by atoms with van der Waals surface area (Å²) >= 11 is 0. The highest BCUT2D eigenvalue weighted by Gasteiger charge is 2.29. The van der Waals surface area contributed by atoms with Gasteiger partial charge in [0.25, 0.3) is 5.91 Å². The van der Waals surface area contributed by atoms with E-state index >= 15 is 0 Å². The van der Waals surface area contributed by atoms with Crippen LogP contribution < -0.4 is 10.2 Å². The largest absolute Gasteiger partial charge is 0.376 e. The molecule has 0 bridgehead atoms. The van der Waals surface area contributed by atoms with Gasteiger partial charge < -0.3 is 19.9 Å². The molecule has 1 aromatic rings. The molecule has 27 heavy (non-hydrogen) atoms. The number of carbonyl (C=O) groups excluding carboxylic acids is 2. The fraction of sp³-hybridized carbons (Fsp3) is 0.619. The van der Waals surface area contributed by atoms with Gasteiger partial charge in [-0.3, -0.25) is 9.59 Å². The summed E-state index contributed by atoms with van der Waals surface area (Å²) in [6, 6.07) is 7.71. The fourth-order valence-electron chi connectivity index (χ4n) is 3.58. The monoisotopic (exact) mass is 373 g/mol. The molecular weight excluding hydrogens is 342 g/mol. The normalized spacial score (nSPS) is 20.6. The first kappa shape index (κ1) is 19.7. The second-order valence-electron chi connectivity index (χ2n) is 8.42. The highest BCUT2D eigenvalue weighted by Crippen LogP contribution is 2.21. The first-order valence-corrected chi connectivity index (χ1v) is 9.89.